The molecule has 1 amide bonds. The van der Waals surface area contributed by atoms with Crippen LogP contribution in [-0.4, -0.2) is 38.1 Å². The summed E-state index contributed by atoms with van der Waals surface area (Å²) >= 11 is 3.53. The summed E-state index contributed by atoms with van der Waals surface area (Å²) in [5.74, 6) is 0.490. The summed E-state index contributed by atoms with van der Waals surface area (Å²) in [5.41, 5.74) is 2.01. The quantitative estimate of drug-likeness (QED) is 0.511. The van der Waals surface area contributed by atoms with Crippen LogP contribution >= 0.6 is 15.9 Å². The van der Waals surface area contributed by atoms with E-state index in [-0.39, 0.29) is 17.8 Å². The Morgan fingerprint density at radius 3 is 2.75 bits per heavy atom. The Morgan fingerprint density at radius 2 is 2.00 bits per heavy atom. The number of hydrogen-bond acceptors (Lipinski definition) is 5. The first-order valence-corrected chi connectivity index (χ1v) is 9.54. The van der Waals surface area contributed by atoms with Crippen LogP contribution in [0.1, 0.15) is 6.42 Å². The topological polar surface area (TPSA) is 84.2 Å². The summed E-state index contributed by atoms with van der Waals surface area (Å²) in [6.07, 6.45) is 0.662. The molecule has 1 atom stereocenters. The Balaban J connectivity index is 1.73. The van der Waals surface area contributed by atoms with Gasteiger partial charge in [0.15, 0.2) is 11.5 Å². The zero-order valence-corrected chi connectivity index (χ0v) is 16.1. The third-order valence-corrected chi connectivity index (χ3v) is 5.35. The van der Waals surface area contributed by atoms with Crippen LogP contribution in [0.3, 0.4) is 0 Å². The summed E-state index contributed by atoms with van der Waals surface area (Å²) in [5, 5.41) is 11.4. The molecule has 2 aromatic carbocycles. The van der Waals surface area contributed by atoms with Gasteiger partial charge in [0.05, 0.1) is 5.52 Å². The SMILES string of the molecule is O=C1NCC[C@H]1Nc1nc2c(Br)cccc2c2nc(-c3ccc(F)cc3)nn12. The van der Waals surface area contributed by atoms with Crippen LogP contribution in [0.2, 0.25) is 0 Å². The number of aromatic nitrogens is 4. The number of para-hydroxylation sites is 1. The minimum atomic E-state index is -0.380. The summed E-state index contributed by atoms with van der Waals surface area (Å²) in [4.78, 5) is 21.4. The van der Waals surface area contributed by atoms with Crippen molar-refractivity contribution in [1.29, 1.82) is 0 Å². The molecule has 3 heterocycles. The molecule has 0 radical (unpaired) electrons. The molecule has 7 nitrogen and oxygen atoms in total. The largest absolute Gasteiger partial charge is 0.354 e. The molecule has 5 rings (SSSR count). The number of fused-ring (bicyclic) bond motifs is 3. The molecule has 2 N–H and O–H groups in total. The highest BCUT2D eigenvalue weighted by Gasteiger charge is 2.26. The van der Waals surface area contributed by atoms with E-state index in [0.717, 1.165) is 9.86 Å². The zero-order chi connectivity index (χ0) is 19.3. The fraction of sp³-hybridized carbons (Fsp3) is 0.158. The summed E-state index contributed by atoms with van der Waals surface area (Å²) < 4.78 is 15.7. The first-order valence-electron chi connectivity index (χ1n) is 8.75. The molecule has 1 fully saturated rings. The molecule has 0 aliphatic carbocycles. The molecule has 0 bridgehead atoms. The highest BCUT2D eigenvalue weighted by atomic mass is 79.9. The third-order valence-electron chi connectivity index (χ3n) is 4.71. The van der Waals surface area contributed by atoms with Crippen molar-refractivity contribution in [3.05, 3.63) is 52.8 Å². The van der Waals surface area contributed by atoms with Gasteiger partial charge in [0.2, 0.25) is 11.9 Å². The van der Waals surface area contributed by atoms with Gasteiger partial charge in [0.1, 0.15) is 11.9 Å². The van der Waals surface area contributed by atoms with Crippen molar-refractivity contribution in [2.24, 2.45) is 0 Å². The Labute approximate surface area is 167 Å². The molecule has 2 aromatic heterocycles. The minimum Gasteiger partial charge on any atom is -0.354 e. The number of anilines is 1. The van der Waals surface area contributed by atoms with Gasteiger partial charge in [-0.3, -0.25) is 4.79 Å². The zero-order valence-electron chi connectivity index (χ0n) is 14.5. The summed E-state index contributed by atoms with van der Waals surface area (Å²) in [6.45, 7) is 0.620. The monoisotopic (exact) mass is 440 g/mol. The van der Waals surface area contributed by atoms with Gasteiger partial charge in [0.25, 0.3) is 0 Å². The van der Waals surface area contributed by atoms with Crippen molar-refractivity contribution in [1.82, 2.24) is 24.9 Å². The molecular formula is C19H14BrFN6O. The average molecular weight is 441 g/mol. The van der Waals surface area contributed by atoms with Crippen LogP contribution in [0.25, 0.3) is 27.9 Å². The predicted octanol–water partition coefficient (Wildman–Crippen LogP) is 3.15. The van der Waals surface area contributed by atoms with Crippen molar-refractivity contribution >= 4 is 44.3 Å². The maximum atomic E-state index is 13.3. The summed E-state index contributed by atoms with van der Waals surface area (Å²) in [7, 11) is 0. The number of amides is 1. The van der Waals surface area contributed by atoms with E-state index in [1.54, 1.807) is 16.6 Å². The normalized spacial score (nSPS) is 16.6. The number of rotatable bonds is 3. The van der Waals surface area contributed by atoms with E-state index in [9.17, 15) is 9.18 Å². The van der Waals surface area contributed by atoms with Gasteiger partial charge in [-0.15, -0.1) is 5.10 Å². The van der Waals surface area contributed by atoms with Crippen molar-refractivity contribution in [3.63, 3.8) is 0 Å². The number of carbonyl (C=O) groups is 1. The van der Waals surface area contributed by atoms with Gasteiger partial charge in [-0.2, -0.15) is 4.52 Å². The van der Waals surface area contributed by atoms with Crippen LogP contribution in [0, 0.1) is 5.82 Å². The van der Waals surface area contributed by atoms with Crippen LogP contribution in [0.5, 0.6) is 0 Å². The van der Waals surface area contributed by atoms with Gasteiger partial charge in [-0.05, 0) is 58.7 Å². The van der Waals surface area contributed by atoms with E-state index < -0.39 is 0 Å². The highest BCUT2D eigenvalue weighted by molar-refractivity contribution is 9.10. The van der Waals surface area contributed by atoms with Gasteiger partial charge in [0, 0.05) is 22.0 Å². The maximum absolute atomic E-state index is 13.3. The molecule has 0 unspecified atom stereocenters. The fourth-order valence-corrected chi connectivity index (χ4v) is 3.75. The smallest absolute Gasteiger partial charge is 0.242 e. The van der Waals surface area contributed by atoms with E-state index in [0.29, 0.717) is 41.5 Å². The first-order chi connectivity index (χ1) is 13.6. The second kappa shape index (κ2) is 6.52. The average Bonchev–Trinajstić information content (AvgIpc) is 3.30. The molecule has 1 aliphatic rings. The highest BCUT2D eigenvalue weighted by Crippen LogP contribution is 2.29. The first kappa shape index (κ1) is 17.1. The Morgan fingerprint density at radius 1 is 1.18 bits per heavy atom. The predicted molar refractivity (Wildman–Crippen MR) is 106 cm³/mol. The Kier molecular flexibility index (Phi) is 3.97. The second-order valence-electron chi connectivity index (χ2n) is 6.53. The van der Waals surface area contributed by atoms with Crippen molar-refractivity contribution in [2.45, 2.75) is 12.5 Å². The van der Waals surface area contributed by atoms with E-state index in [4.69, 9.17) is 0 Å². The summed E-state index contributed by atoms with van der Waals surface area (Å²) in [6, 6.07) is 11.3. The van der Waals surface area contributed by atoms with Gasteiger partial charge >= 0.3 is 0 Å². The number of nitrogens with one attached hydrogen (secondary N) is 2. The van der Waals surface area contributed by atoms with Gasteiger partial charge in [-0.1, -0.05) is 6.07 Å². The van der Waals surface area contributed by atoms with Crippen LogP contribution in [-0.2, 0) is 4.79 Å². The van der Waals surface area contributed by atoms with Crippen molar-refractivity contribution in [3.8, 4) is 11.4 Å². The van der Waals surface area contributed by atoms with Crippen LogP contribution in [0.4, 0.5) is 10.3 Å². The lowest BCUT2D eigenvalue weighted by Gasteiger charge is -2.13. The Hall–Kier alpha value is -3.07. The lowest BCUT2D eigenvalue weighted by molar-refractivity contribution is -0.119. The van der Waals surface area contributed by atoms with Crippen molar-refractivity contribution < 1.29 is 9.18 Å². The van der Waals surface area contributed by atoms with E-state index in [1.165, 1.54) is 12.1 Å². The molecule has 4 aromatic rings. The van der Waals surface area contributed by atoms with Gasteiger partial charge < -0.3 is 10.6 Å². The number of carbonyl (C=O) groups excluding carboxylic acids is 1. The molecule has 1 aliphatic heterocycles. The van der Waals surface area contributed by atoms with Crippen molar-refractivity contribution in [2.75, 3.05) is 11.9 Å². The molecule has 1 saturated heterocycles. The van der Waals surface area contributed by atoms with Crippen LogP contribution < -0.4 is 10.6 Å². The fourth-order valence-electron chi connectivity index (χ4n) is 3.30. The lowest BCUT2D eigenvalue weighted by Crippen LogP contribution is -2.30. The molecule has 28 heavy (non-hydrogen) atoms. The molecular weight excluding hydrogens is 427 g/mol. The maximum Gasteiger partial charge on any atom is 0.242 e. The van der Waals surface area contributed by atoms with E-state index >= 15 is 0 Å². The third kappa shape index (κ3) is 2.78. The molecule has 140 valence electrons. The second-order valence-corrected chi connectivity index (χ2v) is 7.38. The standard InChI is InChI=1S/C19H14BrFN6O/c20-13-3-1-2-12-15(13)24-19(23-14-8-9-22-18(14)28)27-17(12)25-16(26-27)10-4-6-11(21)7-5-10/h1-7,14H,8-9H2,(H,22,28)(H,23,24)/t14-/m1/s1. The molecule has 0 spiro atoms. The number of benzene rings is 2. The van der Waals surface area contributed by atoms with Gasteiger partial charge in [-0.25, -0.2) is 14.4 Å². The molecule has 9 heteroatoms. The molecule has 0 saturated carbocycles. The van der Waals surface area contributed by atoms with E-state index in [1.807, 2.05) is 18.2 Å². The Bertz CT molecular complexity index is 1220. The van der Waals surface area contributed by atoms with Crippen LogP contribution in [0.15, 0.2) is 46.9 Å². The number of hydrogen-bond donors (Lipinski definition) is 2. The number of halogens is 2. The minimum absolute atomic E-state index is 0.0685. The van der Waals surface area contributed by atoms with E-state index in [2.05, 4.69) is 41.6 Å². The lowest BCUT2D eigenvalue weighted by atomic mass is 10.2. The number of nitrogens with zero attached hydrogens (tertiary/aromatic N) is 4.